The van der Waals surface area contributed by atoms with E-state index in [0.717, 1.165) is 12.1 Å². The molecular formula is C10H12Na2O7S2. The van der Waals surface area contributed by atoms with E-state index in [2.05, 4.69) is 0 Å². The smallest absolute Gasteiger partial charge is 1.00 e. The minimum Gasteiger partial charge on any atom is -1.00 e. The largest absolute Gasteiger partial charge is 1.00 e. The first-order valence-corrected chi connectivity index (χ1v) is 7.56. The third kappa shape index (κ3) is 5.26. The van der Waals surface area contributed by atoms with Crippen molar-refractivity contribution in [2.45, 2.75) is 9.79 Å². The fourth-order valence-electron chi connectivity index (χ4n) is 1.70. The van der Waals surface area contributed by atoms with E-state index in [1.54, 1.807) is 0 Å². The van der Waals surface area contributed by atoms with Gasteiger partial charge in [0, 0.05) is 10.8 Å². The molecule has 0 aromatic heterocycles. The van der Waals surface area contributed by atoms with E-state index in [-0.39, 0.29) is 78.2 Å². The molecule has 2 aromatic carbocycles. The first-order valence-electron chi connectivity index (χ1n) is 4.68. The Morgan fingerprint density at radius 3 is 1.24 bits per heavy atom. The van der Waals surface area contributed by atoms with Gasteiger partial charge in [-0.3, -0.25) is 9.11 Å². The third-order valence-electron chi connectivity index (χ3n) is 2.40. The molecule has 2 rings (SSSR count). The molecule has 0 aliphatic rings. The molecule has 0 heterocycles. The van der Waals surface area contributed by atoms with Crippen molar-refractivity contribution in [3.63, 3.8) is 0 Å². The molecule has 108 valence electrons. The van der Waals surface area contributed by atoms with Crippen molar-refractivity contribution in [1.29, 1.82) is 0 Å². The molecular weight excluding hydrogens is 342 g/mol. The Morgan fingerprint density at radius 1 is 0.714 bits per heavy atom. The molecule has 2 aromatic rings. The van der Waals surface area contributed by atoms with Gasteiger partial charge in [0.05, 0.1) is 0 Å². The molecule has 0 atom stereocenters. The van der Waals surface area contributed by atoms with Crippen molar-refractivity contribution in [3.8, 4) is 0 Å². The molecule has 0 saturated heterocycles. The van der Waals surface area contributed by atoms with Crippen LogP contribution in [0.1, 0.15) is 2.85 Å². The molecule has 0 aliphatic carbocycles. The van der Waals surface area contributed by atoms with Crippen LogP contribution < -0.4 is 59.1 Å². The predicted molar refractivity (Wildman–Crippen MR) is 69.4 cm³/mol. The van der Waals surface area contributed by atoms with Crippen molar-refractivity contribution < 1.29 is 93.4 Å². The Bertz CT molecular complexity index is 770. The Labute approximate surface area is 169 Å². The second-order valence-electron chi connectivity index (χ2n) is 3.56. The van der Waals surface area contributed by atoms with Gasteiger partial charge < -0.3 is 8.33 Å². The second-order valence-corrected chi connectivity index (χ2v) is 6.34. The molecule has 0 amide bonds. The van der Waals surface area contributed by atoms with Crippen LogP contribution in [0.25, 0.3) is 10.8 Å². The minimum atomic E-state index is -4.47. The normalized spacial score (nSPS) is 11.0. The Kier molecular flexibility index (Phi) is 9.46. The summed E-state index contributed by atoms with van der Waals surface area (Å²) in [5.41, 5.74) is 0. The minimum absolute atomic E-state index is 0. The molecule has 0 saturated carbocycles. The fourth-order valence-corrected chi connectivity index (χ4v) is 3.12. The van der Waals surface area contributed by atoms with Crippen molar-refractivity contribution >= 4 is 31.0 Å². The summed E-state index contributed by atoms with van der Waals surface area (Å²) in [4.78, 5) is -0.823. The van der Waals surface area contributed by atoms with Gasteiger partial charge in [0.2, 0.25) is 0 Å². The van der Waals surface area contributed by atoms with E-state index in [0.29, 0.717) is 0 Å². The monoisotopic (exact) mass is 354 g/mol. The second kappa shape index (κ2) is 8.37. The summed E-state index contributed by atoms with van der Waals surface area (Å²) in [7, 11) is -8.94. The van der Waals surface area contributed by atoms with Crippen LogP contribution in [0.4, 0.5) is 0 Å². The first kappa shape index (κ1) is 23.7. The van der Waals surface area contributed by atoms with Gasteiger partial charge in [-0.1, -0.05) is 24.3 Å². The summed E-state index contributed by atoms with van der Waals surface area (Å²) in [6.45, 7) is 0. The Hall–Kier alpha value is 0.480. The summed E-state index contributed by atoms with van der Waals surface area (Å²) >= 11 is 0. The van der Waals surface area contributed by atoms with Crippen molar-refractivity contribution in [1.82, 2.24) is 0 Å². The van der Waals surface area contributed by atoms with Crippen molar-refractivity contribution in [2.24, 2.45) is 0 Å². The summed E-state index contributed by atoms with van der Waals surface area (Å²) in [6, 6.07) is 7.53. The van der Waals surface area contributed by atoms with Gasteiger partial charge in [-0.2, -0.15) is 16.8 Å². The molecule has 0 radical (unpaired) electrons. The average Bonchev–Trinajstić information content (AvgIpc) is 2.24. The first-order chi connectivity index (χ1) is 8.21. The number of benzene rings is 2. The average molecular weight is 354 g/mol. The van der Waals surface area contributed by atoms with E-state index in [9.17, 15) is 16.8 Å². The van der Waals surface area contributed by atoms with Crippen LogP contribution in [0.2, 0.25) is 0 Å². The number of fused-ring (bicyclic) bond motifs is 1. The van der Waals surface area contributed by atoms with Crippen LogP contribution in [0, 0.1) is 0 Å². The third-order valence-corrected chi connectivity index (χ3v) is 4.22. The fraction of sp³-hybridized carbons (Fsp3) is 0. The zero-order valence-electron chi connectivity index (χ0n) is 13.3. The van der Waals surface area contributed by atoms with Crippen LogP contribution in [0.15, 0.2) is 46.2 Å². The maximum absolute atomic E-state index is 11.2. The van der Waals surface area contributed by atoms with E-state index < -0.39 is 30.0 Å². The van der Waals surface area contributed by atoms with Crippen LogP contribution in [-0.4, -0.2) is 31.4 Å². The maximum atomic E-state index is 11.2. The van der Waals surface area contributed by atoms with Crippen LogP contribution >= 0.6 is 0 Å². The molecule has 7 nitrogen and oxygen atoms in total. The number of hydrogen-bond acceptors (Lipinski definition) is 4. The summed E-state index contributed by atoms with van der Waals surface area (Å²) in [5, 5.41) is 0.0465. The molecule has 0 fully saturated rings. The van der Waals surface area contributed by atoms with Gasteiger partial charge in [0.25, 0.3) is 20.2 Å². The summed E-state index contributed by atoms with van der Waals surface area (Å²) in [6.07, 6.45) is 0. The van der Waals surface area contributed by atoms with Gasteiger partial charge in [-0.05, 0) is 12.1 Å². The van der Waals surface area contributed by atoms with Crippen molar-refractivity contribution in [3.05, 3.63) is 36.4 Å². The van der Waals surface area contributed by atoms with E-state index in [4.69, 9.17) is 9.11 Å². The van der Waals surface area contributed by atoms with E-state index in [1.165, 1.54) is 24.3 Å². The zero-order chi connectivity index (χ0) is 13.6. The SMILES string of the molecule is O.O=S(=O)(O)c1cccc2c(S(=O)(=O)O)cccc12.[H-].[H-].[Na+].[Na+]. The number of hydrogen-bond donors (Lipinski definition) is 2. The number of rotatable bonds is 2. The summed E-state index contributed by atoms with van der Waals surface area (Å²) in [5.74, 6) is 0. The van der Waals surface area contributed by atoms with E-state index >= 15 is 0 Å². The van der Waals surface area contributed by atoms with Gasteiger partial charge in [-0.15, -0.1) is 0 Å². The maximum Gasteiger partial charge on any atom is 1.00 e. The standard InChI is InChI=1S/C10H8O6S2.2Na.H2O.2H/c11-17(12,13)9-5-1-3-7-8(9)4-2-6-10(7)18(14,15)16;;;;;/h1-6H,(H,11,12,13)(H,14,15,16);;;1H2;;/q;2*+1;;2*-1. The molecule has 4 N–H and O–H groups in total. The molecule has 0 bridgehead atoms. The Morgan fingerprint density at radius 2 is 1.00 bits per heavy atom. The van der Waals surface area contributed by atoms with Gasteiger partial charge in [-0.25, -0.2) is 0 Å². The van der Waals surface area contributed by atoms with Crippen LogP contribution in [0.3, 0.4) is 0 Å². The van der Waals surface area contributed by atoms with E-state index in [1.807, 2.05) is 0 Å². The molecule has 0 unspecified atom stereocenters. The van der Waals surface area contributed by atoms with Crippen molar-refractivity contribution in [2.75, 3.05) is 0 Å². The topological polar surface area (TPSA) is 140 Å². The van der Waals surface area contributed by atoms with Gasteiger partial charge in [0.1, 0.15) is 9.79 Å². The zero-order valence-corrected chi connectivity index (χ0v) is 16.9. The molecule has 11 heteroatoms. The Balaban J connectivity index is -0.000000361. The molecule has 0 spiro atoms. The molecule has 0 aliphatic heterocycles. The summed E-state index contributed by atoms with van der Waals surface area (Å²) < 4.78 is 62.7. The predicted octanol–water partition coefficient (Wildman–Crippen LogP) is -5.26. The van der Waals surface area contributed by atoms with Crippen LogP contribution in [-0.2, 0) is 20.2 Å². The quantitative estimate of drug-likeness (QED) is 0.408. The van der Waals surface area contributed by atoms with Gasteiger partial charge in [0.15, 0.2) is 0 Å². The van der Waals surface area contributed by atoms with Gasteiger partial charge >= 0.3 is 59.1 Å². The van der Waals surface area contributed by atoms with Crippen LogP contribution in [0.5, 0.6) is 0 Å². The molecule has 21 heavy (non-hydrogen) atoms.